The molecule has 1 aromatic heterocycles. The molecule has 6 N–H and O–H groups in total. The van der Waals surface area contributed by atoms with E-state index in [1.165, 1.54) is 12.8 Å². The van der Waals surface area contributed by atoms with Crippen LogP contribution < -0.4 is 27.2 Å². The summed E-state index contributed by atoms with van der Waals surface area (Å²) in [7, 11) is 0. The number of aliphatic imine (C=N–C) groups is 1. The average molecular weight is 330 g/mol. The third-order valence-electron chi connectivity index (χ3n) is 5.49. The molecule has 0 aromatic carbocycles. The van der Waals surface area contributed by atoms with E-state index in [0.717, 1.165) is 30.5 Å². The van der Waals surface area contributed by atoms with Gasteiger partial charge < -0.3 is 10.6 Å². The Morgan fingerprint density at radius 3 is 2.58 bits per heavy atom. The molecule has 24 heavy (non-hydrogen) atoms. The Kier molecular flexibility index (Phi) is 3.63. The normalized spacial score (nSPS) is 34.1. The third kappa shape index (κ3) is 2.60. The van der Waals surface area contributed by atoms with Crippen LogP contribution in [-0.4, -0.2) is 47.1 Å². The standard InChI is InChI=1S/C16H26N8/c1-10-11(2)24(8-7-23(10)13-4-5-13)14-6-3-12(9-19-14)16(18)20-15(17)21-22-16/h3,6,9-11,13,22H,4-5,7-8,18H2,1-2H3,(H3,17,20,21)/t10-,11?,16?/m0/s1. The van der Waals surface area contributed by atoms with Crippen molar-refractivity contribution < 1.29 is 0 Å². The van der Waals surface area contributed by atoms with Gasteiger partial charge in [-0.3, -0.25) is 16.1 Å². The number of hydrogen-bond acceptors (Lipinski definition) is 8. The van der Waals surface area contributed by atoms with Crippen LogP contribution in [0.5, 0.6) is 0 Å². The van der Waals surface area contributed by atoms with Gasteiger partial charge in [-0.1, -0.05) is 0 Å². The van der Waals surface area contributed by atoms with Gasteiger partial charge in [0.1, 0.15) is 5.82 Å². The Labute approximate surface area is 142 Å². The first-order valence-corrected chi connectivity index (χ1v) is 8.64. The number of nitrogens with two attached hydrogens (primary N) is 2. The molecule has 1 saturated carbocycles. The smallest absolute Gasteiger partial charge is 0.210 e. The summed E-state index contributed by atoms with van der Waals surface area (Å²) < 4.78 is 0. The van der Waals surface area contributed by atoms with E-state index in [-0.39, 0.29) is 5.96 Å². The summed E-state index contributed by atoms with van der Waals surface area (Å²) in [6.45, 7) is 6.72. The first-order chi connectivity index (χ1) is 11.5. The molecule has 3 heterocycles. The van der Waals surface area contributed by atoms with E-state index in [0.29, 0.717) is 12.1 Å². The van der Waals surface area contributed by atoms with Gasteiger partial charge in [-0.25, -0.2) is 9.98 Å². The second kappa shape index (κ2) is 5.58. The van der Waals surface area contributed by atoms with Crippen LogP contribution in [0.25, 0.3) is 0 Å². The van der Waals surface area contributed by atoms with Crippen molar-refractivity contribution in [3.05, 3.63) is 23.9 Å². The van der Waals surface area contributed by atoms with Crippen LogP contribution >= 0.6 is 0 Å². The van der Waals surface area contributed by atoms with Gasteiger partial charge >= 0.3 is 0 Å². The van der Waals surface area contributed by atoms with Crippen LogP contribution in [0.3, 0.4) is 0 Å². The number of guanidine groups is 1. The molecule has 1 saturated heterocycles. The summed E-state index contributed by atoms with van der Waals surface area (Å²) in [4.78, 5) is 13.9. The highest BCUT2D eigenvalue weighted by atomic mass is 15.6. The van der Waals surface area contributed by atoms with Crippen molar-refractivity contribution in [1.82, 2.24) is 20.7 Å². The zero-order valence-corrected chi connectivity index (χ0v) is 14.2. The molecule has 4 rings (SSSR count). The number of anilines is 1. The predicted octanol–water partition coefficient (Wildman–Crippen LogP) is -0.365. The minimum Gasteiger partial charge on any atom is -0.369 e. The number of rotatable bonds is 3. The van der Waals surface area contributed by atoms with Crippen LogP contribution in [0, 0.1) is 0 Å². The van der Waals surface area contributed by atoms with E-state index in [1.807, 2.05) is 12.1 Å². The van der Waals surface area contributed by atoms with E-state index < -0.39 is 5.79 Å². The van der Waals surface area contributed by atoms with Gasteiger partial charge in [0.15, 0.2) is 0 Å². The van der Waals surface area contributed by atoms with Gasteiger partial charge in [-0.05, 0) is 38.8 Å². The SMILES string of the molecule is CC1[C@H](C)N(C2CC2)CCN1c1ccc(C2(N)N=C(N)NN2)cn1. The summed E-state index contributed by atoms with van der Waals surface area (Å²) in [6.07, 6.45) is 4.48. The Hall–Kier alpha value is -1.90. The van der Waals surface area contributed by atoms with Crippen LogP contribution in [0.4, 0.5) is 5.82 Å². The second-order valence-corrected chi connectivity index (χ2v) is 7.06. The molecule has 130 valence electrons. The van der Waals surface area contributed by atoms with E-state index in [1.54, 1.807) is 6.20 Å². The minimum atomic E-state index is -1.06. The Morgan fingerprint density at radius 1 is 1.21 bits per heavy atom. The van der Waals surface area contributed by atoms with Gasteiger partial charge in [-0.2, -0.15) is 5.43 Å². The molecule has 2 unspecified atom stereocenters. The largest absolute Gasteiger partial charge is 0.369 e. The Bertz CT molecular complexity index is 640. The fourth-order valence-electron chi connectivity index (χ4n) is 3.74. The van der Waals surface area contributed by atoms with Crippen LogP contribution in [0.2, 0.25) is 0 Å². The van der Waals surface area contributed by atoms with Crippen LogP contribution in [0.1, 0.15) is 32.3 Å². The quantitative estimate of drug-likeness (QED) is 0.599. The fourth-order valence-corrected chi connectivity index (χ4v) is 3.74. The highest BCUT2D eigenvalue weighted by Gasteiger charge is 2.39. The average Bonchev–Trinajstić information content (AvgIpc) is 3.35. The highest BCUT2D eigenvalue weighted by molar-refractivity contribution is 5.79. The van der Waals surface area contributed by atoms with Crippen molar-refractivity contribution in [1.29, 1.82) is 0 Å². The maximum atomic E-state index is 6.21. The van der Waals surface area contributed by atoms with E-state index >= 15 is 0 Å². The molecule has 0 bridgehead atoms. The Balaban J connectivity index is 1.51. The number of pyridine rings is 1. The molecular formula is C16H26N8. The molecule has 1 aromatic rings. The highest BCUT2D eigenvalue weighted by Crippen LogP contribution is 2.33. The van der Waals surface area contributed by atoms with Crippen molar-refractivity contribution in [3.8, 4) is 0 Å². The topological polar surface area (TPSA) is 108 Å². The molecule has 0 spiro atoms. The molecule has 2 aliphatic heterocycles. The summed E-state index contributed by atoms with van der Waals surface area (Å²) >= 11 is 0. The zero-order chi connectivity index (χ0) is 16.9. The molecule has 3 atom stereocenters. The molecule has 8 heteroatoms. The molecule has 3 aliphatic rings. The molecule has 0 amide bonds. The lowest BCUT2D eigenvalue weighted by atomic mass is 10.0. The van der Waals surface area contributed by atoms with Gasteiger partial charge in [0.25, 0.3) is 0 Å². The Morgan fingerprint density at radius 2 is 2.00 bits per heavy atom. The number of aromatic nitrogens is 1. The number of hydrazine groups is 1. The van der Waals surface area contributed by atoms with Crippen molar-refractivity contribution in [2.45, 2.75) is 50.6 Å². The van der Waals surface area contributed by atoms with E-state index in [4.69, 9.17) is 11.5 Å². The van der Waals surface area contributed by atoms with Crippen molar-refractivity contribution in [2.75, 3.05) is 18.0 Å². The molecule has 0 radical (unpaired) electrons. The summed E-state index contributed by atoms with van der Waals surface area (Å²) in [6, 6.07) is 5.76. The molecular weight excluding hydrogens is 304 g/mol. The molecule has 1 aliphatic carbocycles. The summed E-state index contributed by atoms with van der Waals surface area (Å²) in [5, 5.41) is 0. The minimum absolute atomic E-state index is 0.278. The van der Waals surface area contributed by atoms with Gasteiger partial charge in [-0.15, -0.1) is 0 Å². The zero-order valence-electron chi connectivity index (χ0n) is 14.2. The maximum absolute atomic E-state index is 6.21. The number of piperazine rings is 1. The maximum Gasteiger partial charge on any atom is 0.210 e. The van der Waals surface area contributed by atoms with Gasteiger partial charge in [0.2, 0.25) is 11.7 Å². The van der Waals surface area contributed by atoms with Crippen LogP contribution in [-0.2, 0) is 5.79 Å². The summed E-state index contributed by atoms with van der Waals surface area (Å²) in [5.74, 6) is 0.208. The second-order valence-electron chi connectivity index (χ2n) is 7.06. The van der Waals surface area contributed by atoms with E-state index in [9.17, 15) is 0 Å². The number of hydrogen-bond donors (Lipinski definition) is 4. The first-order valence-electron chi connectivity index (χ1n) is 8.64. The predicted molar refractivity (Wildman–Crippen MR) is 94.0 cm³/mol. The third-order valence-corrected chi connectivity index (χ3v) is 5.49. The number of nitrogens with zero attached hydrogens (tertiary/aromatic N) is 4. The lowest BCUT2D eigenvalue weighted by Crippen LogP contribution is -2.58. The fraction of sp³-hybridized carbons (Fsp3) is 0.625. The van der Waals surface area contributed by atoms with E-state index in [2.05, 4.69) is 44.5 Å². The molecule has 8 nitrogen and oxygen atoms in total. The first kappa shape index (κ1) is 15.6. The van der Waals surface area contributed by atoms with Crippen LogP contribution in [0.15, 0.2) is 23.3 Å². The van der Waals surface area contributed by atoms with Crippen molar-refractivity contribution >= 4 is 11.8 Å². The van der Waals surface area contributed by atoms with Crippen molar-refractivity contribution in [2.24, 2.45) is 16.5 Å². The van der Waals surface area contributed by atoms with Gasteiger partial charge in [0.05, 0.1) is 0 Å². The van der Waals surface area contributed by atoms with Crippen molar-refractivity contribution in [3.63, 3.8) is 0 Å². The monoisotopic (exact) mass is 330 g/mol. The van der Waals surface area contributed by atoms with Gasteiger partial charge in [0, 0.05) is 43.0 Å². The lowest BCUT2D eigenvalue weighted by molar-refractivity contribution is 0.148. The lowest BCUT2D eigenvalue weighted by Gasteiger charge is -2.46. The summed E-state index contributed by atoms with van der Waals surface area (Å²) in [5.41, 5.74) is 18.2. The number of nitrogens with one attached hydrogen (secondary N) is 2. The molecule has 2 fully saturated rings.